The first-order chi connectivity index (χ1) is 15.7. The molecule has 2 aromatic carbocycles. The fourth-order valence-corrected chi connectivity index (χ4v) is 4.47. The van der Waals surface area contributed by atoms with E-state index in [1.165, 1.54) is 6.07 Å². The molecule has 11 heteroatoms. The van der Waals surface area contributed by atoms with E-state index in [1.54, 1.807) is 6.07 Å². The summed E-state index contributed by atoms with van der Waals surface area (Å²) in [6.45, 7) is 0. The predicted octanol–water partition coefficient (Wildman–Crippen LogP) is 5.94. The summed E-state index contributed by atoms with van der Waals surface area (Å²) in [5, 5.41) is 14.1. The van der Waals surface area contributed by atoms with Crippen LogP contribution in [0.3, 0.4) is 0 Å². The van der Waals surface area contributed by atoms with Crippen LogP contribution in [0.1, 0.15) is 30.0 Å². The van der Waals surface area contributed by atoms with Crippen molar-refractivity contribution in [3.05, 3.63) is 52.7 Å². The van der Waals surface area contributed by atoms with Crippen LogP contribution in [0.25, 0.3) is 33.7 Å². The van der Waals surface area contributed by atoms with E-state index in [4.69, 9.17) is 21.2 Å². The van der Waals surface area contributed by atoms with E-state index >= 15 is 0 Å². The number of halogens is 4. The molecule has 5 rings (SSSR count). The third-order valence-corrected chi connectivity index (χ3v) is 5.77. The lowest BCUT2D eigenvalue weighted by Crippen LogP contribution is -2.17. The van der Waals surface area contributed by atoms with E-state index in [0.717, 1.165) is 47.1 Å². The molecule has 0 fully saturated rings. The second kappa shape index (κ2) is 7.80. The number of rotatable bonds is 5. The van der Waals surface area contributed by atoms with Gasteiger partial charge in [-0.3, -0.25) is 4.79 Å². The number of aliphatic carboxylic acids is 1. The third-order valence-electron chi connectivity index (χ3n) is 5.55. The van der Waals surface area contributed by atoms with Crippen LogP contribution in [0.2, 0.25) is 5.02 Å². The molecule has 7 nitrogen and oxygen atoms in total. The topological polar surface area (TPSA) is 101 Å². The summed E-state index contributed by atoms with van der Waals surface area (Å²) < 4.78 is 46.9. The number of nitrogens with one attached hydrogen (secondary N) is 1. The van der Waals surface area contributed by atoms with E-state index < -0.39 is 18.1 Å². The number of fused-ring (bicyclic) bond motifs is 3. The molecule has 0 bridgehead atoms. The second-order valence-electron chi connectivity index (χ2n) is 7.76. The quantitative estimate of drug-likeness (QED) is 0.369. The van der Waals surface area contributed by atoms with Crippen molar-refractivity contribution < 1.29 is 32.3 Å². The number of carbonyl (C=O) groups is 1. The number of aromatic nitrogens is 3. The molecule has 0 aliphatic heterocycles. The van der Waals surface area contributed by atoms with Crippen LogP contribution in [0.4, 0.5) is 13.2 Å². The summed E-state index contributed by atoms with van der Waals surface area (Å²) in [7, 11) is 0. The number of alkyl halides is 3. The molecule has 170 valence electrons. The Kier molecular flexibility index (Phi) is 5.04. The van der Waals surface area contributed by atoms with Crippen molar-refractivity contribution in [2.45, 2.75) is 31.5 Å². The summed E-state index contributed by atoms with van der Waals surface area (Å²) in [6.07, 6.45) is -3.27. The van der Waals surface area contributed by atoms with Gasteiger partial charge < -0.3 is 19.4 Å². The number of carboxylic acid groups (broad SMARTS) is 1. The molecule has 0 saturated heterocycles. The SMILES string of the molecule is O=C(O)CC1CCc2c1[nH]c1ccc(-c3noc(-c4cc(Cl)cc(OC(F)(F)F)c4)n3)cc21. The molecule has 1 aliphatic rings. The summed E-state index contributed by atoms with van der Waals surface area (Å²) in [6, 6.07) is 9.07. The van der Waals surface area contributed by atoms with Gasteiger partial charge in [0, 0.05) is 38.7 Å². The largest absolute Gasteiger partial charge is 0.573 e. The maximum Gasteiger partial charge on any atom is 0.573 e. The molecule has 0 saturated carbocycles. The highest BCUT2D eigenvalue weighted by atomic mass is 35.5. The van der Waals surface area contributed by atoms with Crippen molar-refractivity contribution in [2.24, 2.45) is 0 Å². The van der Waals surface area contributed by atoms with Gasteiger partial charge in [-0.2, -0.15) is 4.98 Å². The number of carboxylic acids is 1. The molecule has 1 aliphatic carbocycles. The Morgan fingerprint density at radius 1 is 1.24 bits per heavy atom. The van der Waals surface area contributed by atoms with Crippen LogP contribution in [0.15, 0.2) is 40.9 Å². The van der Waals surface area contributed by atoms with Crippen LogP contribution < -0.4 is 4.74 Å². The highest BCUT2D eigenvalue weighted by Crippen LogP contribution is 2.40. The number of hydrogen-bond acceptors (Lipinski definition) is 5. The number of H-pyrrole nitrogens is 1. The van der Waals surface area contributed by atoms with Gasteiger partial charge in [-0.1, -0.05) is 16.8 Å². The first kappa shape index (κ1) is 21.3. The van der Waals surface area contributed by atoms with Gasteiger partial charge in [0.1, 0.15) is 5.75 Å². The Morgan fingerprint density at radius 3 is 2.82 bits per heavy atom. The highest BCUT2D eigenvalue weighted by Gasteiger charge is 2.32. The Labute approximate surface area is 189 Å². The van der Waals surface area contributed by atoms with Crippen LogP contribution in [-0.4, -0.2) is 32.6 Å². The number of aromatic amines is 1. The Bertz CT molecular complexity index is 1380. The Hall–Kier alpha value is -3.53. The van der Waals surface area contributed by atoms with Gasteiger partial charge in [-0.15, -0.1) is 13.2 Å². The molecule has 33 heavy (non-hydrogen) atoms. The molecule has 1 atom stereocenters. The van der Waals surface area contributed by atoms with Crippen LogP contribution in [-0.2, 0) is 11.2 Å². The van der Waals surface area contributed by atoms with Gasteiger partial charge in [0.15, 0.2) is 0 Å². The van der Waals surface area contributed by atoms with Crippen LogP contribution >= 0.6 is 11.6 Å². The number of benzene rings is 2. The number of hydrogen-bond donors (Lipinski definition) is 2. The summed E-state index contributed by atoms with van der Waals surface area (Å²) >= 11 is 5.93. The highest BCUT2D eigenvalue weighted by molar-refractivity contribution is 6.31. The molecule has 1 unspecified atom stereocenters. The maximum atomic E-state index is 12.6. The van der Waals surface area contributed by atoms with E-state index in [1.807, 2.05) is 12.1 Å². The lowest BCUT2D eigenvalue weighted by atomic mass is 10.0. The van der Waals surface area contributed by atoms with Crippen LogP contribution in [0.5, 0.6) is 5.75 Å². The first-order valence-corrected chi connectivity index (χ1v) is 10.3. The van der Waals surface area contributed by atoms with Crippen molar-refractivity contribution in [1.82, 2.24) is 15.1 Å². The Balaban J connectivity index is 1.47. The molecule has 2 aromatic heterocycles. The first-order valence-electron chi connectivity index (χ1n) is 9.93. The van der Waals surface area contributed by atoms with E-state index in [2.05, 4.69) is 19.9 Å². The second-order valence-corrected chi connectivity index (χ2v) is 8.19. The van der Waals surface area contributed by atoms with E-state index in [-0.39, 0.29) is 34.6 Å². The third kappa shape index (κ3) is 4.25. The lowest BCUT2D eigenvalue weighted by molar-refractivity contribution is -0.274. The van der Waals surface area contributed by atoms with Crippen molar-refractivity contribution in [2.75, 3.05) is 0 Å². The number of nitrogens with zero attached hydrogens (tertiary/aromatic N) is 2. The van der Waals surface area contributed by atoms with Crippen molar-refractivity contribution in [3.63, 3.8) is 0 Å². The van der Waals surface area contributed by atoms with Crippen molar-refractivity contribution in [1.29, 1.82) is 0 Å². The monoisotopic (exact) mass is 477 g/mol. The molecule has 2 N–H and O–H groups in total. The molecule has 4 aromatic rings. The Morgan fingerprint density at radius 2 is 2.06 bits per heavy atom. The minimum atomic E-state index is -4.86. The van der Waals surface area contributed by atoms with Gasteiger partial charge in [0.2, 0.25) is 5.82 Å². The minimum absolute atomic E-state index is 0.0135. The van der Waals surface area contributed by atoms with E-state index in [0.29, 0.717) is 5.56 Å². The van der Waals surface area contributed by atoms with Crippen molar-refractivity contribution >= 4 is 28.5 Å². The fourth-order valence-electron chi connectivity index (χ4n) is 4.24. The minimum Gasteiger partial charge on any atom is -0.481 e. The standard InChI is InChI=1S/C22H15ClF3N3O4/c23-13-5-12(6-14(9-13)32-22(24,25)26)21-28-20(29-33-21)11-2-4-17-16(7-11)15-3-1-10(8-18(30)31)19(15)27-17/h2,4-7,9-10,27H,1,3,8H2,(H,30,31). The molecule has 2 heterocycles. The smallest absolute Gasteiger partial charge is 0.481 e. The number of ether oxygens (including phenoxy) is 1. The zero-order chi connectivity index (χ0) is 23.3. The summed E-state index contributed by atoms with van der Waals surface area (Å²) in [5.41, 5.74) is 3.72. The molecule has 0 radical (unpaired) electrons. The normalized spacial score (nSPS) is 15.7. The lowest BCUT2D eigenvalue weighted by Gasteiger charge is -2.09. The molecule has 0 spiro atoms. The fraction of sp³-hybridized carbons (Fsp3) is 0.227. The average molecular weight is 478 g/mol. The zero-order valence-corrected chi connectivity index (χ0v) is 17.5. The van der Waals surface area contributed by atoms with E-state index in [9.17, 15) is 18.0 Å². The zero-order valence-electron chi connectivity index (χ0n) is 16.7. The summed E-state index contributed by atoms with van der Waals surface area (Å²) in [4.78, 5) is 18.8. The molecule has 0 amide bonds. The van der Waals surface area contributed by atoms with Gasteiger partial charge >= 0.3 is 12.3 Å². The van der Waals surface area contributed by atoms with Gasteiger partial charge in [-0.05, 0) is 54.8 Å². The van der Waals surface area contributed by atoms with Gasteiger partial charge in [0.05, 0.1) is 6.42 Å². The van der Waals surface area contributed by atoms with Gasteiger partial charge in [0.25, 0.3) is 5.89 Å². The van der Waals surface area contributed by atoms with Gasteiger partial charge in [-0.25, -0.2) is 0 Å². The maximum absolute atomic E-state index is 12.6. The van der Waals surface area contributed by atoms with Crippen molar-refractivity contribution in [3.8, 4) is 28.6 Å². The predicted molar refractivity (Wildman–Crippen MR) is 112 cm³/mol. The number of aryl methyl sites for hydroxylation is 1. The summed E-state index contributed by atoms with van der Waals surface area (Å²) in [5.74, 6) is -1.15. The molecular formula is C22H15ClF3N3O4. The molecular weight excluding hydrogens is 463 g/mol. The van der Waals surface area contributed by atoms with Crippen LogP contribution in [0, 0.1) is 0 Å². The average Bonchev–Trinajstić information content (AvgIpc) is 3.42.